The Hall–Kier alpha value is -2.99. The molecule has 1 unspecified atom stereocenters. The molecule has 26 heavy (non-hydrogen) atoms. The van der Waals surface area contributed by atoms with Gasteiger partial charge in [0.15, 0.2) is 0 Å². The van der Waals surface area contributed by atoms with E-state index in [2.05, 4.69) is 5.32 Å². The van der Waals surface area contributed by atoms with Crippen molar-refractivity contribution >= 4 is 11.8 Å². The third kappa shape index (κ3) is 5.53. The number of amides is 1. The summed E-state index contributed by atoms with van der Waals surface area (Å²) in [4.78, 5) is 14.1. The Morgan fingerprint density at radius 1 is 1.27 bits per heavy atom. The van der Waals surface area contributed by atoms with E-state index in [0.717, 1.165) is 30.6 Å². The first kappa shape index (κ1) is 19.3. The Morgan fingerprint density at radius 3 is 2.50 bits per heavy atom. The second-order valence-corrected chi connectivity index (χ2v) is 7.31. The summed E-state index contributed by atoms with van der Waals surface area (Å²) in [6.07, 6.45) is 3.10. The van der Waals surface area contributed by atoms with Crippen molar-refractivity contribution in [3.63, 3.8) is 0 Å². The summed E-state index contributed by atoms with van der Waals surface area (Å²) >= 11 is 0. The van der Waals surface area contributed by atoms with Gasteiger partial charge in [0, 0.05) is 30.9 Å². The minimum absolute atomic E-state index is 0.0226. The van der Waals surface area contributed by atoms with Gasteiger partial charge < -0.3 is 15.0 Å². The molecule has 0 aromatic heterocycles. The molecule has 1 N–H and O–H groups in total. The second-order valence-electron chi connectivity index (χ2n) is 7.31. The Bertz CT molecular complexity index is 732. The highest BCUT2D eigenvalue weighted by molar-refractivity contribution is 5.68. The number of rotatable bonds is 3. The number of hydrogen-bond acceptors (Lipinski definition) is 5. The van der Waals surface area contributed by atoms with Crippen LogP contribution in [0.25, 0.3) is 0 Å². The molecular weight excluding hydrogens is 328 g/mol. The molecule has 1 aromatic carbocycles. The van der Waals surface area contributed by atoms with Gasteiger partial charge in [0.2, 0.25) is 0 Å². The van der Waals surface area contributed by atoms with E-state index in [0.29, 0.717) is 6.54 Å². The van der Waals surface area contributed by atoms with Gasteiger partial charge >= 0.3 is 6.09 Å². The number of carbonyl (C=O) groups excluding carboxylic acids is 1. The predicted octanol–water partition coefficient (Wildman–Crippen LogP) is 4.14. The van der Waals surface area contributed by atoms with Crippen molar-refractivity contribution in [2.24, 2.45) is 0 Å². The first-order valence-corrected chi connectivity index (χ1v) is 8.67. The Balaban J connectivity index is 2.00. The van der Waals surface area contributed by atoms with Crippen molar-refractivity contribution in [2.45, 2.75) is 45.1 Å². The van der Waals surface area contributed by atoms with Gasteiger partial charge in [-0.1, -0.05) is 12.1 Å². The second kappa shape index (κ2) is 8.40. The van der Waals surface area contributed by atoms with Crippen LogP contribution in [0.1, 0.15) is 45.1 Å². The molecule has 1 saturated heterocycles. The summed E-state index contributed by atoms with van der Waals surface area (Å²) in [6, 6.07) is 11.4. The zero-order valence-corrected chi connectivity index (χ0v) is 15.5. The lowest BCUT2D eigenvalue weighted by Crippen LogP contribution is -2.42. The maximum atomic E-state index is 12.3. The van der Waals surface area contributed by atoms with Crippen molar-refractivity contribution in [1.82, 2.24) is 4.90 Å². The number of nitrogens with zero attached hydrogens (tertiary/aromatic N) is 3. The molecule has 2 rings (SSSR count). The molecule has 0 radical (unpaired) electrons. The summed E-state index contributed by atoms with van der Waals surface area (Å²) < 4.78 is 5.47. The van der Waals surface area contributed by atoms with Crippen LogP contribution in [-0.4, -0.2) is 29.7 Å². The molecule has 1 fully saturated rings. The number of nitrogens with one attached hydrogen (secondary N) is 1. The average molecular weight is 352 g/mol. The van der Waals surface area contributed by atoms with Crippen LogP contribution in [-0.2, 0) is 4.74 Å². The fraction of sp³-hybridized carbons (Fsp3) is 0.450. The first-order chi connectivity index (χ1) is 12.3. The van der Waals surface area contributed by atoms with Crippen LogP contribution in [0.15, 0.2) is 36.0 Å². The molecule has 136 valence electrons. The standard InChI is InChI=1S/C20H24N4O2/c1-20(2,3)26-19(25)24-10-4-5-17(14-24)16-6-8-18(9-7-16)23-13-15(11-21)12-22/h6-9,13,17,23H,4-5,10,14H2,1-3H3. The normalized spacial score (nSPS) is 16.8. The highest BCUT2D eigenvalue weighted by atomic mass is 16.6. The number of piperidine rings is 1. The number of likely N-dealkylation sites (tertiary alicyclic amines) is 1. The molecule has 0 spiro atoms. The number of anilines is 1. The van der Waals surface area contributed by atoms with Crippen LogP contribution >= 0.6 is 0 Å². The van der Waals surface area contributed by atoms with Crippen LogP contribution in [0.2, 0.25) is 0 Å². The summed E-state index contributed by atoms with van der Waals surface area (Å²) in [7, 11) is 0. The molecule has 0 bridgehead atoms. The first-order valence-electron chi connectivity index (χ1n) is 8.67. The minimum atomic E-state index is -0.490. The number of allylic oxidation sites excluding steroid dienone is 1. The van der Waals surface area contributed by atoms with E-state index >= 15 is 0 Å². The van der Waals surface area contributed by atoms with E-state index < -0.39 is 5.60 Å². The highest BCUT2D eigenvalue weighted by Crippen LogP contribution is 2.28. The summed E-state index contributed by atoms with van der Waals surface area (Å²) in [6.45, 7) is 6.99. The molecule has 1 amide bonds. The van der Waals surface area contributed by atoms with Gasteiger partial charge in [0.25, 0.3) is 0 Å². The van der Waals surface area contributed by atoms with Gasteiger partial charge in [-0.2, -0.15) is 10.5 Å². The van der Waals surface area contributed by atoms with Crippen molar-refractivity contribution in [1.29, 1.82) is 10.5 Å². The molecule has 1 aliphatic rings. The van der Waals surface area contributed by atoms with Crippen molar-refractivity contribution in [3.8, 4) is 12.1 Å². The lowest BCUT2D eigenvalue weighted by atomic mass is 9.90. The summed E-state index contributed by atoms with van der Waals surface area (Å²) in [5, 5.41) is 20.4. The van der Waals surface area contributed by atoms with E-state index in [1.54, 1.807) is 17.0 Å². The van der Waals surface area contributed by atoms with Crippen LogP contribution in [0.3, 0.4) is 0 Å². The molecule has 0 saturated carbocycles. The molecule has 0 aliphatic carbocycles. The van der Waals surface area contributed by atoms with Gasteiger partial charge in [-0.25, -0.2) is 4.79 Å². The zero-order valence-electron chi connectivity index (χ0n) is 15.5. The lowest BCUT2D eigenvalue weighted by molar-refractivity contribution is 0.0198. The minimum Gasteiger partial charge on any atom is -0.444 e. The average Bonchev–Trinajstić information content (AvgIpc) is 2.62. The predicted molar refractivity (Wildman–Crippen MR) is 99.2 cm³/mol. The third-order valence-corrected chi connectivity index (χ3v) is 4.08. The van der Waals surface area contributed by atoms with E-state index in [1.807, 2.05) is 45.0 Å². The van der Waals surface area contributed by atoms with Gasteiger partial charge in [-0.15, -0.1) is 0 Å². The molecule has 1 aliphatic heterocycles. The highest BCUT2D eigenvalue weighted by Gasteiger charge is 2.28. The maximum absolute atomic E-state index is 12.3. The number of benzene rings is 1. The maximum Gasteiger partial charge on any atom is 0.410 e. The lowest BCUT2D eigenvalue weighted by Gasteiger charge is -2.34. The van der Waals surface area contributed by atoms with Crippen molar-refractivity contribution in [3.05, 3.63) is 41.6 Å². The number of nitriles is 2. The topological polar surface area (TPSA) is 89.2 Å². The van der Waals surface area contributed by atoms with E-state index in [4.69, 9.17) is 15.3 Å². The van der Waals surface area contributed by atoms with E-state index in [-0.39, 0.29) is 17.6 Å². The summed E-state index contributed by atoms with van der Waals surface area (Å²) in [5.41, 5.74) is 1.50. The Kier molecular flexibility index (Phi) is 6.25. The molecule has 1 heterocycles. The van der Waals surface area contributed by atoms with E-state index in [9.17, 15) is 4.79 Å². The van der Waals surface area contributed by atoms with Crippen molar-refractivity contribution in [2.75, 3.05) is 18.4 Å². The monoisotopic (exact) mass is 352 g/mol. The molecule has 1 aromatic rings. The third-order valence-electron chi connectivity index (χ3n) is 4.08. The van der Waals surface area contributed by atoms with Crippen LogP contribution in [0.4, 0.5) is 10.5 Å². The van der Waals surface area contributed by atoms with Crippen LogP contribution in [0.5, 0.6) is 0 Å². The Labute approximate surface area is 154 Å². The SMILES string of the molecule is CC(C)(C)OC(=O)N1CCCC(c2ccc(NC=C(C#N)C#N)cc2)C1. The smallest absolute Gasteiger partial charge is 0.410 e. The van der Waals surface area contributed by atoms with E-state index in [1.165, 1.54) is 6.20 Å². The Morgan fingerprint density at radius 2 is 1.92 bits per heavy atom. The van der Waals surface area contributed by atoms with Crippen LogP contribution < -0.4 is 5.32 Å². The van der Waals surface area contributed by atoms with Gasteiger partial charge in [0.05, 0.1) is 0 Å². The van der Waals surface area contributed by atoms with Crippen molar-refractivity contribution < 1.29 is 9.53 Å². The zero-order chi connectivity index (χ0) is 19.2. The van der Waals surface area contributed by atoms with Gasteiger partial charge in [0.1, 0.15) is 23.3 Å². The fourth-order valence-corrected chi connectivity index (χ4v) is 2.84. The van der Waals surface area contributed by atoms with Gasteiger partial charge in [-0.05, 0) is 51.3 Å². The molecule has 6 nitrogen and oxygen atoms in total. The largest absolute Gasteiger partial charge is 0.444 e. The fourth-order valence-electron chi connectivity index (χ4n) is 2.84. The molecule has 6 heteroatoms. The number of carbonyl (C=O) groups is 1. The number of ether oxygens (including phenoxy) is 1. The quantitative estimate of drug-likeness (QED) is 0.826. The molecular formula is C20H24N4O2. The van der Waals surface area contributed by atoms with Crippen LogP contribution in [0, 0.1) is 22.7 Å². The summed E-state index contributed by atoms with van der Waals surface area (Å²) in [5.74, 6) is 0.273. The van der Waals surface area contributed by atoms with Gasteiger partial charge in [-0.3, -0.25) is 0 Å². The molecule has 1 atom stereocenters. The number of hydrogen-bond donors (Lipinski definition) is 1.